The fraction of sp³-hybridized carbons (Fsp3) is 0.263. The van der Waals surface area contributed by atoms with Crippen molar-refractivity contribution in [2.45, 2.75) is 24.9 Å². The van der Waals surface area contributed by atoms with Crippen molar-refractivity contribution >= 4 is 11.6 Å². The number of oxime groups is 1. The summed E-state index contributed by atoms with van der Waals surface area (Å²) in [7, 11) is 0. The van der Waals surface area contributed by atoms with Crippen molar-refractivity contribution < 1.29 is 37.0 Å². The third kappa shape index (κ3) is 5.02. The van der Waals surface area contributed by atoms with Crippen molar-refractivity contribution in [3.05, 3.63) is 65.5 Å². The van der Waals surface area contributed by atoms with E-state index in [0.29, 0.717) is 16.9 Å². The first-order valence-corrected chi connectivity index (χ1v) is 8.45. The Balaban J connectivity index is 1.54. The molecule has 0 spiro atoms. The van der Waals surface area contributed by atoms with E-state index in [-0.39, 0.29) is 18.9 Å². The maximum absolute atomic E-state index is 12.8. The highest BCUT2D eigenvalue weighted by molar-refractivity contribution is 6.01. The minimum atomic E-state index is -4.98. The summed E-state index contributed by atoms with van der Waals surface area (Å²) in [5.41, 5.74) is 0.875. The molecule has 1 heterocycles. The van der Waals surface area contributed by atoms with E-state index in [0.717, 1.165) is 0 Å². The number of ether oxygens (including phenoxy) is 1. The SMILES string of the molecule is O=C(COc1ccc(F)cc1)NCc1cccc(C2=NOC(O)(C(F)(F)F)C2)c1. The average Bonchev–Trinajstić information content (AvgIpc) is 3.10. The van der Waals surface area contributed by atoms with E-state index in [1.807, 2.05) is 0 Å². The fourth-order valence-electron chi connectivity index (χ4n) is 2.52. The molecule has 0 aromatic heterocycles. The summed E-state index contributed by atoms with van der Waals surface area (Å²) in [6.45, 7) is -0.193. The maximum Gasteiger partial charge on any atom is 0.458 e. The lowest BCUT2D eigenvalue weighted by Crippen LogP contribution is -2.45. The smallest absolute Gasteiger partial charge is 0.458 e. The summed E-state index contributed by atoms with van der Waals surface area (Å²) in [6.07, 6.45) is -5.81. The zero-order valence-corrected chi connectivity index (χ0v) is 14.9. The Hall–Kier alpha value is -3.14. The first-order valence-electron chi connectivity index (χ1n) is 8.45. The van der Waals surface area contributed by atoms with Gasteiger partial charge in [0.15, 0.2) is 6.61 Å². The van der Waals surface area contributed by atoms with E-state index < -0.39 is 30.1 Å². The summed E-state index contributed by atoms with van der Waals surface area (Å²) in [6, 6.07) is 11.5. The van der Waals surface area contributed by atoms with Crippen molar-refractivity contribution in [2.75, 3.05) is 6.61 Å². The zero-order chi connectivity index (χ0) is 21.1. The van der Waals surface area contributed by atoms with Crippen LogP contribution in [0.25, 0.3) is 0 Å². The van der Waals surface area contributed by atoms with Crippen molar-refractivity contribution in [3.63, 3.8) is 0 Å². The highest BCUT2D eigenvalue weighted by atomic mass is 19.4. The number of carbonyl (C=O) groups excluding carboxylic acids is 1. The molecule has 0 saturated carbocycles. The molecule has 154 valence electrons. The van der Waals surface area contributed by atoms with E-state index >= 15 is 0 Å². The van der Waals surface area contributed by atoms with Gasteiger partial charge in [-0.25, -0.2) is 4.39 Å². The average molecular weight is 412 g/mol. The predicted molar refractivity (Wildman–Crippen MR) is 93.4 cm³/mol. The van der Waals surface area contributed by atoms with Crippen LogP contribution in [-0.4, -0.2) is 35.3 Å². The van der Waals surface area contributed by atoms with Crippen molar-refractivity contribution in [3.8, 4) is 5.75 Å². The largest absolute Gasteiger partial charge is 0.484 e. The molecule has 2 N–H and O–H groups in total. The molecule has 0 saturated heterocycles. The number of benzene rings is 2. The molecule has 10 heteroatoms. The molecule has 0 fully saturated rings. The third-order valence-corrected chi connectivity index (χ3v) is 4.09. The number of alkyl halides is 3. The van der Waals surface area contributed by atoms with Gasteiger partial charge in [-0.2, -0.15) is 13.2 Å². The summed E-state index contributed by atoms with van der Waals surface area (Å²) in [5.74, 6) is -3.87. The molecule has 3 rings (SSSR count). The van der Waals surface area contributed by atoms with Gasteiger partial charge in [-0.1, -0.05) is 23.4 Å². The van der Waals surface area contributed by atoms with Gasteiger partial charge in [-0.15, -0.1) is 0 Å². The Morgan fingerprint density at radius 1 is 1.24 bits per heavy atom. The van der Waals surface area contributed by atoms with Gasteiger partial charge in [0.1, 0.15) is 11.6 Å². The molecule has 1 atom stereocenters. The molecule has 1 aliphatic heterocycles. The molecule has 29 heavy (non-hydrogen) atoms. The standard InChI is InChI=1S/C19H16F4N2O4/c20-14-4-6-15(7-5-14)28-11-17(26)24-10-12-2-1-3-13(8-12)16-9-18(27,29-25-16)19(21,22)23/h1-8,27H,9-11H2,(H,24,26). The van der Waals surface area contributed by atoms with Crippen LogP contribution in [0.1, 0.15) is 17.5 Å². The number of carbonyl (C=O) groups is 1. The Morgan fingerprint density at radius 3 is 2.62 bits per heavy atom. The number of nitrogens with one attached hydrogen (secondary N) is 1. The molecule has 0 radical (unpaired) electrons. The van der Waals surface area contributed by atoms with Gasteiger partial charge in [-0.05, 0) is 41.5 Å². The molecule has 0 bridgehead atoms. The molecule has 2 aromatic carbocycles. The maximum atomic E-state index is 12.8. The number of aliphatic hydroxyl groups is 1. The third-order valence-electron chi connectivity index (χ3n) is 4.09. The summed E-state index contributed by atoms with van der Waals surface area (Å²) in [5, 5.41) is 15.5. The number of hydrogen-bond acceptors (Lipinski definition) is 5. The Bertz CT molecular complexity index is 915. The molecule has 1 amide bonds. The van der Waals surface area contributed by atoms with E-state index in [4.69, 9.17) is 4.74 Å². The Kier molecular flexibility index (Phi) is 5.73. The van der Waals surface area contributed by atoms with Crippen molar-refractivity contribution in [1.29, 1.82) is 0 Å². The van der Waals surface area contributed by atoms with Gasteiger partial charge in [0, 0.05) is 6.54 Å². The molecule has 6 nitrogen and oxygen atoms in total. The number of nitrogens with zero attached hydrogens (tertiary/aromatic N) is 1. The van der Waals surface area contributed by atoms with Gasteiger partial charge >= 0.3 is 12.0 Å². The lowest BCUT2D eigenvalue weighted by molar-refractivity contribution is -0.355. The monoisotopic (exact) mass is 412 g/mol. The number of amides is 1. The van der Waals surface area contributed by atoms with E-state index in [1.165, 1.54) is 36.4 Å². The molecule has 0 aliphatic carbocycles. The van der Waals surface area contributed by atoms with Crippen molar-refractivity contribution in [2.24, 2.45) is 5.16 Å². The number of rotatable bonds is 6. The summed E-state index contributed by atoms with van der Waals surface area (Å²) in [4.78, 5) is 16.1. The minimum Gasteiger partial charge on any atom is -0.484 e. The quantitative estimate of drug-likeness (QED) is 0.716. The van der Waals surface area contributed by atoms with Crippen LogP contribution in [0.4, 0.5) is 17.6 Å². The second kappa shape index (κ2) is 8.08. The minimum absolute atomic E-state index is 0.0577. The molecular formula is C19H16F4N2O4. The summed E-state index contributed by atoms with van der Waals surface area (Å²) < 4.78 is 56.5. The lowest BCUT2D eigenvalue weighted by atomic mass is 10.0. The van der Waals surface area contributed by atoms with Gasteiger partial charge in [-0.3, -0.25) is 4.79 Å². The van der Waals surface area contributed by atoms with Gasteiger partial charge in [0.2, 0.25) is 0 Å². The van der Waals surface area contributed by atoms with Crippen LogP contribution in [0.5, 0.6) is 5.75 Å². The Labute approximate surface area is 162 Å². The van der Waals surface area contributed by atoms with Crippen LogP contribution in [-0.2, 0) is 16.2 Å². The zero-order valence-electron chi connectivity index (χ0n) is 14.9. The highest BCUT2D eigenvalue weighted by Crippen LogP contribution is 2.38. The van der Waals surface area contributed by atoms with Gasteiger partial charge in [0.25, 0.3) is 5.91 Å². The van der Waals surface area contributed by atoms with Crippen LogP contribution >= 0.6 is 0 Å². The predicted octanol–water partition coefficient (Wildman–Crippen LogP) is 2.90. The van der Waals surface area contributed by atoms with E-state index in [9.17, 15) is 27.5 Å². The Morgan fingerprint density at radius 2 is 1.97 bits per heavy atom. The lowest BCUT2D eigenvalue weighted by Gasteiger charge is -2.22. The van der Waals surface area contributed by atoms with E-state index in [2.05, 4.69) is 15.3 Å². The first kappa shape index (κ1) is 20.6. The second-order valence-corrected chi connectivity index (χ2v) is 6.31. The molecule has 2 aromatic rings. The van der Waals surface area contributed by atoms with Gasteiger partial charge < -0.3 is 20.0 Å². The fourth-order valence-corrected chi connectivity index (χ4v) is 2.52. The summed E-state index contributed by atoms with van der Waals surface area (Å²) >= 11 is 0. The highest BCUT2D eigenvalue weighted by Gasteiger charge is 2.60. The first-order chi connectivity index (χ1) is 13.7. The van der Waals surface area contributed by atoms with Gasteiger partial charge in [0.05, 0.1) is 12.1 Å². The molecule has 1 aliphatic rings. The van der Waals surface area contributed by atoms with E-state index in [1.54, 1.807) is 12.1 Å². The second-order valence-electron chi connectivity index (χ2n) is 6.31. The molecule has 1 unspecified atom stereocenters. The molecular weight excluding hydrogens is 396 g/mol. The van der Waals surface area contributed by atoms with Crippen LogP contribution in [0.2, 0.25) is 0 Å². The van der Waals surface area contributed by atoms with Crippen LogP contribution in [0.15, 0.2) is 53.7 Å². The van der Waals surface area contributed by atoms with Crippen LogP contribution in [0.3, 0.4) is 0 Å². The number of hydrogen-bond donors (Lipinski definition) is 2. The van der Waals surface area contributed by atoms with Crippen LogP contribution in [0, 0.1) is 5.82 Å². The topological polar surface area (TPSA) is 80.2 Å². The normalized spacial score (nSPS) is 18.7. The van der Waals surface area contributed by atoms with Crippen molar-refractivity contribution in [1.82, 2.24) is 5.32 Å². The number of halogens is 4. The van der Waals surface area contributed by atoms with Crippen LogP contribution < -0.4 is 10.1 Å².